The average molecular weight is 483 g/mol. The number of aromatic nitrogens is 3. The van der Waals surface area contributed by atoms with Crippen LogP contribution in [0.3, 0.4) is 0 Å². The second kappa shape index (κ2) is 10.7. The Bertz CT molecular complexity index is 1240. The van der Waals surface area contributed by atoms with Crippen LogP contribution < -0.4 is 16.0 Å². The number of benzene rings is 1. The zero-order chi connectivity index (χ0) is 24.9. The van der Waals surface area contributed by atoms with Gasteiger partial charge in [0.05, 0.1) is 55.1 Å². The second-order valence-corrected chi connectivity index (χ2v) is 8.06. The molecule has 35 heavy (non-hydrogen) atoms. The van der Waals surface area contributed by atoms with E-state index in [1.54, 1.807) is 31.2 Å². The summed E-state index contributed by atoms with van der Waals surface area (Å²) in [6.07, 6.45) is -0.250. The first-order valence-corrected chi connectivity index (χ1v) is 11.1. The van der Waals surface area contributed by atoms with E-state index in [0.717, 1.165) is 5.56 Å². The normalized spacial score (nSPS) is 15.8. The first-order valence-electron chi connectivity index (χ1n) is 11.1. The van der Waals surface area contributed by atoms with Crippen molar-refractivity contribution in [1.82, 2.24) is 20.4 Å². The summed E-state index contributed by atoms with van der Waals surface area (Å²) in [5, 5.41) is 18.5. The van der Waals surface area contributed by atoms with Crippen molar-refractivity contribution in [3.63, 3.8) is 0 Å². The monoisotopic (exact) mass is 482 g/mol. The number of fused-ring (bicyclic) bond motifs is 1. The highest BCUT2D eigenvalue weighted by atomic mass is 19.1. The maximum atomic E-state index is 14.3. The number of amidine groups is 1. The molecule has 3 aromatic rings. The smallest absolute Gasteiger partial charge is 0.220 e. The molecule has 1 aliphatic heterocycles. The first kappa shape index (κ1) is 24.5. The van der Waals surface area contributed by atoms with E-state index in [1.165, 1.54) is 19.2 Å². The van der Waals surface area contributed by atoms with E-state index >= 15 is 0 Å². The largest absolute Gasteiger partial charge is 0.481 e. The van der Waals surface area contributed by atoms with Gasteiger partial charge in [0.25, 0.3) is 0 Å². The van der Waals surface area contributed by atoms with Gasteiger partial charge in [0.2, 0.25) is 11.8 Å². The van der Waals surface area contributed by atoms with Crippen LogP contribution in [0.2, 0.25) is 0 Å². The minimum absolute atomic E-state index is 0.130. The van der Waals surface area contributed by atoms with Gasteiger partial charge in [-0.2, -0.15) is 0 Å². The van der Waals surface area contributed by atoms with Crippen molar-refractivity contribution >= 4 is 11.8 Å². The highest BCUT2D eigenvalue weighted by molar-refractivity contribution is 6.01. The third kappa shape index (κ3) is 5.53. The third-order valence-electron chi connectivity index (χ3n) is 5.61. The molecule has 2 aromatic heterocycles. The number of aliphatic hydroxyl groups excluding tert-OH is 2. The van der Waals surface area contributed by atoms with E-state index in [1.807, 2.05) is 0 Å². The van der Waals surface area contributed by atoms with Gasteiger partial charge in [-0.1, -0.05) is 12.1 Å². The predicted molar refractivity (Wildman–Crippen MR) is 127 cm³/mol. The van der Waals surface area contributed by atoms with E-state index < -0.39 is 18.0 Å². The molecule has 0 bridgehead atoms. The molecule has 0 fully saturated rings. The average Bonchev–Trinajstić information content (AvgIpc) is 2.85. The highest BCUT2D eigenvalue weighted by Gasteiger charge is 2.28. The highest BCUT2D eigenvalue weighted by Crippen LogP contribution is 2.36. The fraction of sp³-hybridized carbons (Fsp3) is 0.333. The number of nitrogens with zero attached hydrogens (tertiary/aromatic N) is 4. The van der Waals surface area contributed by atoms with Crippen LogP contribution in [-0.2, 0) is 11.3 Å². The topological polar surface area (TPSA) is 148 Å². The Kier molecular flexibility index (Phi) is 7.49. The standard InChI is InChI=1S/C24H27FN6O4/c1-13-22-20(30-24(26)27-13)11-19(29-23(22)31-35-9-8-15(33)12-32)16-7-6-14(25)10-17(16)18-4-3-5-21(28-18)34-2/h3-7,10,15,19,32-33H,8-9,11-12H2,1-2H3,(H,29,31)(H2,26,27,30)/t15-,19?/m1/s1. The number of hydrogen-bond donors (Lipinski definition) is 4. The molecule has 1 aliphatic rings. The Morgan fingerprint density at radius 3 is 2.83 bits per heavy atom. The van der Waals surface area contributed by atoms with Gasteiger partial charge >= 0.3 is 0 Å². The second-order valence-electron chi connectivity index (χ2n) is 8.06. The fourth-order valence-electron chi connectivity index (χ4n) is 3.94. The zero-order valence-electron chi connectivity index (χ0n) is 19.4. The van der Waals surface area contributed by atoms with Gasteiger partial charge in [-0.3, -0.25) is 9.83 Å². The number of nitrogens with one attached hydrogen (secondary N) is 1. The van der Waals surface area contributed by atoms with Crippen molar-refractivity contribution in [2.24, 2.45) is 4.99 Å². The Hall–Kier alpha value is -3.67. The van der Waals surface area contributed by atoms with Gasteiger partial charge in [0.15, 0.2) is 5.84 Å². The number of pyridine rings is 1. The minimum atomic E-state index is -0.882. The molecule has 0 saturated carbocycles. The van der Waals surface area contributed by atoms with Crippen LogP contribution in [0.5, 0.6) is 5.88 Å². The lowest BCUT2D eigenvalue weighted by atomic mass is 9.91. The summed E-state index contributed by atoms with van der Waals surface area (Å²) in [6.45, 7) is 1.58. The number of hydrogen-bond acceptors (Lipinski definition) is 10. The number of aliphatic imine (C=N–C) groups is 1. The summed E-state index contributed by atoms with van der Waals surface area (Å²) < 4.78 is 19.5. The molecule has 1 aromatic carbocycles. The van der Waals surface area contributed by atoms with Gasteiger partial charge in [-0.05, 0) is 30.7 Å². The van der Waals surface area contributed by atoms with E-state index in [9.17, 15) is 9.50 Å². The number of anilines is 1. The van der Waals surface area contributed by atoms with Crippen LogP contribution in [-0.4, -0.2) is 57.4 Å². The molecule has 0 radical (unpaired) electrons. The van der Waals surface area contributed by atoms with Crippen molar-refractivity contribution in [3.05, 3.63) is 64.7 Å². The van der Waals surface area contributed by atoms with Crippen LogP contribution in [0.1, 0.15) is 35.0 Å². The first-order chi connectivity index (χ1) is 16.9. The number of nitrogens with two attached hydrogens (primary N) is 1. The molecule has 10 nitrogen and oxygen atoms in total. The summed E-state index contributed by atoms with van der Waals surface area (Å²) in [7, 11) is 1.52. The number of nitrogen functional groups attached to an aromatic ring is 1. The van der Waals surface area contributed by atoms with Crippen LogP contribution in [0.4, 0.5) is 10.3 Å². The number of methoxy groups -OCH3 is 1. The number of ether oxygens (including phenoxy) is 1. The molecule has 3 heterocycles. The van der Waals surface area contributed by atoms with Crippen LogP contribution in [0.15, 0.2) is 41.4 Å². The molecular formula is C24H27FN6O4. The van der Waals surface area contributed by atoms with Crippen LogP contribution in [0, 0.1) is 12.7 Å². The van der Waals surface area contributed by atoms with E-state index in [2.05, 4.69) is 20.4 Å². The van der Waals surface area contributed by atoms with Crippen LogP contribution in [0.25, 0.3) is 11.3 Å². The van der Waals surface area contributed by atoms with Gasteiger partial charge in [-0.15, -0.1) is 0 Å². The molecule has 11 heteroatoms. The summed E-state index contributed by atoms with van der Waals surface area (Å²) in [5.74, 6) is 0.537. The van der Waals surface area contributed by atoms with Crippen molar-refractivity contribution < 1.29 is 24.2 Å². The molecule has 0 saturated heterocycles. The van der Waals surface area contributed by atoms with Gasteiger partial charge in [-0.25, -0.2) is 24.8 Å². The summed E-state index contributed by atoms with van der Waals surface area (Å²) in [5.41, 5.74) is 12.6. The third-order valence-corrected chi connectivity index (χ3v) is 5.61. The lowest BCUT2D eigenvalue weighted by Crippen LogP contribution is -2.33. The fourth-order valence-corrected chi connectivity index (χ4v) is 3.94. The number of rotatable bonds is 8. The summed E-state index contributed by atoms with van der Waals surface area (Å²) >= 11 is 0. The lowest BCUT2D eigenvalue weighted by molar-refractivity contribution is 0.0287. The molecular weight excluding hydrogens is 455 g/mol. The van der Waals surface area contributed by atoms with Gasteiger partial charge < -0.3 is 20.7 Å². The Morgan fingerprint density at radius 1 is 1.23 bits per heavy atom. The Labute approximate surface area is 201 Å². The summed E-state index contributed by atoms with van der Waals surface area (Å²) in [6, 6.07) is 9.31. The number of aliphatic hydroxyl groups is 2. The van der Waals surface area contributed by atoms with Crippen molar-refractivity contribution in [2.75, 3.05) is 26.1 Å². The van der Waals surface area contributed by atoms with Crippen molar-refractivity contribution in [2.45, 2.75) is 31.9 Å². The van der Waals surface area contributed by atoms with Crippen molar-refractivity contribution in [1.29, 1.82) is 0 Å². The SMILES string of the molecule is COc1cccc(-c2cc(F)ccc2C2Cc3nc(N)nc(C)c3C(NOCC[C@@H](O)CO)=N2)n1. The number of halogens is 1. The maximum Gasteiger partial charge on any atom is 0.220 e. The van der Waals surface area contributed by atoms with Crippen LogP contribution >= 0.6 is 0 Å². The molecule has 0 amide bonds. The Balaban J connectivity index is 1.73. The van der Waals surface area contributed by atoms with Gasteiger partial charge in [0.1, 0.15) is 5.82 Å². The predicted octanol–water partition coefficient (Wildman–Crippen LogP) is 1.89. The number of aryl methyl sites for hydroxylation is 1. The molecule has 0 aliphatic carbocycles. The minimum Gasteiger partial charge on any atom is -0.481 e. The quantitative estimate of drug-likeness (QED) is 0.279. The van der Waals surface area contributed by atoms with E-state index in [4.69, 9.17) is 25.4 Å². The van der Waals surface area contributed by atoms with E-state index in [-0.39, 0.29) is 25.6 Å². The molecule has 1 unspecified atom stereocenters. The van der Waals surface area contributed by atoms with Crippen molar-refractivity contribution in [3.8, 4) is 17.1 Å². The molecule has 2 atom stereocenters. The van der Waals surface area contributed by atoms with E-state index in [0.29, 0.717) is 46.3 Å². The Morgan fingerprint density at radius 2 is 2.06 bits per heavy atom. The van der Waals surface area contributed by atoms with Gasteiger partial charge in [0, 0.05) is 24.5 Å². The maximum absolute atomic E-state index is 14.3. The molecule has 0 spiro atoms. The molecule has 5 N–H and O–H groups in total. The molecule has 4 rings (SSSR count). The number of hydroxylamine groups is 1. The molecule has 184 valence electrons. The zero-order valence-corrected chi connectivity index (χ0v) is 19.4. The lowest BCUT2D eigenvalue weighted by Gasteiger charge is -2.26. The summed E-state index contributed by atoms with van der Waals surface area (Å²) in [4.78, 5) is 23.5.